The van der Waals surface area contributed by atoms with Crippen molar-refractivity contribution in [1.29, 1.82) is 0 Å². The predicted octanol–water partition coefficient (Wildman–Crippen LogP) is 6.67. The first-order valence-corrected chi connectivity index (χ1v) is 14.5. The molecule has 0 heterocycles. The molecule has 0 fully saturated rings. The van der Waals surface area contributed by atoms with Crippen molar-refractivity contribution in [3.05, 3.63) is 29.8 Å². The predicted molar refractivity (Wildman–Crippen MR) is 96.2 cm³/mol. The summed E-state index contributed by atoms with van der Waals surface area (Å²) in [4.78, 5) is 1.51. The van der Waals surface area contributed by atoms with Crippen LogP contribution in [0.1, 0.15) is 65.9 Å². The Bertz CT molecular complexity index is 356. The normalized spacial score (nSPS) is 12.1. The van der Waals surface area contributed by atoms with Crippen LogP contribution in [0.2, 0.25) is 10.5 Å². The van der Waals surface area contributed by atoms with E-state index in [4.69, 9.17) is 0 Å². The Hall–Kier alpha value is 0.113. The quantitative estimate of drug-likeness (QED) is 0.471. The minimum atomic E-state index is -0.924. The van der Waals surface area contributed by atoms with E-state index in [1.165, 1.54) is 46.6 Å². The molecule has 20 heavy (non-hydrogen) atoms. The fraction of sp³-hybridized carbons (Fsp3) is 0.667. The van der Waals surface area contributed by atoms with E-state index < -0.39 is 13.2 Å². The molecule has 0 saturated carbocycles. The molecule has 0 amide bonds. The van der Waals surface area contributed by atoms with Crippen LogP contribution in [0.4, 0.5) is 0 Å². The summed E-state index contributed by atoms with van der Waals surface area (Å²) in [5, 5.41) is 3.06. The molecule has 0 saturated heterocycles. The molecule has 0 nitrogen and oxygen atoms in total. The summed E-state index contributed by atoms with van der Waals surface area (Å²) in [5.41, 5.74) is 1.72. The average Bonchev–Trinajstić information content (AvgIpc) is 2.41. The van der Waals surface area contributed by atoms with Gasteiger partial charge in [0, 0.05) is 0 Å². The van der Waals surface area contributed by atoms with E-state index in [-0.39, 0.29) is 5.41 Å². The number of rotatable bonds is 8. The van der Waals surface area contributed by atoms with Crippen LogP contribution in [0.15, 0.2) is 29.2 Å². The summed E-state index contributed by atoms with van der Waals surface area (Å²) in [6.45, 7) is 11.5. The fourth-order valence-electron chi connectivity index (χ4n) is 2.16. The second-order valence-electron chi connectivity index (χ2n) is 6.62. The van der Waals surface area contributed by atoms with Crippen molar-refractivity contribution >= 4 is 23.3 Å². The van der Waals surface area contributed by atoms with Crippen molar-refractivity contribution in [2.75, 3.05) is 0 Å². The SMILES string of the molecule is CCC[CH2][Ge]([CH2]CCC)[S]c1ccc(C(C)(C)C)cc1. The van der Waals surface area contributed by atoms with Crippen molar-refractivity contribution in [1.82, 2.24) is 0 Å². The molecule has 1 radical (unpaired) electrons. The van der Waals surface area contributed by atoms with E-state index in [9.17, 15) is 0 Å². The van der Waals surface area contributed by atoms with E-state index in [1.807, 2.05) is 0 Å². The van der Waals surface area contributed by atoms with E-state index in [2.05, 4.69) is 69.0 Å². The van der Waals surface area contributed by atoms with Crippen molar-refractivity contribution in [3.8, 4) is 0 Å². The summed E-state index contributed by atoms with van der Waals surface area (Å²) in [7, 11) is 2.25. The molecule has 0 atom stereocenters. The van der Waals surface area contributed by atoms with Crippen LogP contribution in [0.25, 0.3) is 0 Å². The molecule has 0 spiro atoms. The second-order valence-corrected chi connectivity index (χ2v) is 15.9. The fourth-order valence-corrected chi connectivity index (χ4v) is 12.4. The molecule has 0 aliphatic rings. The summed E-state index contributed by atoms with van der Waals surface area (Å²) < 4.78 is 0. The van der Waals surface area contributed by atoms with Gasteiger partial charge >= 0.3 is 134 Å². The Morgan fingerprint density at radius 1 is 0.900 bits per heavy atom. The van der Waals surface area contributed by atoms with Gasteiger partial charge in [0.15, 0.2) is 0 Å². The number of unbranched alkanes of at least 4 members (excludes halogenated alkanes) is 2. The van der Waals surface area contributed by atoms with E-state index in [1.54, 1.807) is 0 Å². The Labute approximate surface area is 134 Å². The molecule has 1 aromatic carbocycles. The zero-order valence-electron chi connectivity index (χ0n) is 14.0. The van der Waals surface area contributed by atoms with E-state index >= 15 is 0 Å². The molecule has 0 unspecified atom stereocenters. The molecule has 0 aliphatic carbocycles. The third-order valence-corrected chi connectivity index (χ3v) is 13.6. The summed E-state index contributed by atoms with van der Waals surface area (Å²) in [6.07, 6.45) is 5.58. The van der Waals surface area contributed by atoms with Gasteiger partial charge in [-0.05, 0) is 0 Å². The van der Waals surface area contributed by atoms with Gasteiger partial charge in [-0.1, -0.05) is 0 Å². The molecular weight excluding hydrogens is 321 g/mol. The Balaban J connectivity index is 2.62. The molecule has 1 aromatic rings. The van der Waals surface area contributed by atoms with Gasteiger partial charge in [-0.2, -0.15) is 0 Å². The van der Waals surface area contributed by atoms with Crippen LogP contribution in [-0.2, 0) is 5.41 Å². The molecule has 2 heteroatoms. The summed E-state index contributed by atoms with van der Waals surface area (Å²) in [6, 6.07) is 9.38. The molecular formula is C18H31GeS. The van der Waals surface area contributed by atoms with Crippen LogP contribution < -0.4 is 0 Å². The molecule has 0 aromatic heterocycles. The minimum absolute atomic E-state index is 0.271. The van der Waals surface area contributed by atoms with Gasteiger partial charge in [-0.3, -0.25) is 0 Å². The first kappa shape index (κ1) is 18.2. The first-order valence-electron chi connectivity index (χ1n) is 8.10. The zero-order valence-corrected chi connectivity index (χ0v) is 16.9. The van der Waals surface area contributed by atoms with Gasteiger partial charge in [0.25, 0.3) is 0 Å². The van der Waals surface area contributed by atoms with Crippen LogP contribution in [0, 0.1) is 0 Å². The van der Waals surface area contributed by atoms with Gasteiger partial charge in [0.1, 0.15) is 0 Å². The summed E-state index contributed by atoms with van der Waals surface area (Å²) >= 11 is -0.924. The standard InChI is InChI=1S/C18H31GeS/c1-6-8-14-19(15-9-7-2)20-17-12-10-16(11-13-17)18(3,4)5/h10-13H,6-9,14-15H2,1-5H3. The third kappa shape index (κ3) is 6.71. The third-order valence-electron chi connectivity index (χ3n) is 3.60. The maximum absolute atomic E-state index is 2.36. The number of hydrogen-bond donors (Lipinski definition) is 0. The average molecular weight is 352 g/mol. The van der Waals surface area contributed by atoms with E-state index in [0.29, 0.717) is 0 Å². The second kappa shape index (κ2) is 9.20. The molecule has 0 bridgehead atoms. The van der Waals surface area contributed by atoms with Crippen LogP contribution in [-0.4, -0.2) is 13.2 Å². The van der Waals surface area contributed by atoms with Crippen LogP contribution in [0.3, 0.4) is 0 Å². The van der Waals surface area contributed by atoms with Gasteiger partial charge in [-0.25, -0.2) is 0 Å². The number of benzene rings is 1. The van der Waals surface area contributed by atoms with Gasteiger partial charge < -0.3 is 0 Å². The van der Waals surface area contributed by atoms with Crippen molar-refractivity contribution in [2.24, 2.45) is 0 Å². The topological polar surface area (TPSA) is 0 Å². The Morgan fingerprint density at radius 3 is 1.80 bits per heavy atom. The Morgan fingerprint density at radius 2 is 1.40 bits per heavy atom. The van der Waals surface area contributed by atoms with Crippen molar-refractivity contribution in [3.63, 3.8) is 0 Å². The molecule has 0 N–H and O–H groups in total. The zero-order chi connectivity index (χ0) is 15.0. The van der Waals surface area contributed by atoms with Crippen LogP contribution >= 0.6 is 10.1 Å². The first-order chi connectivity index (χ1) is 9.47. The van der Waals surface area contributed by atoms with Crippen LogP contribution in [0.5, 0.6) is 0 Å². The Kier molecular flexibility index (Phi) is 8.35. The van der Waals surface area contributed by atoms with Crippen molar-refractivity contribution < 1.29 is 0 Å². The summed E-state index contributed by atoms with van der Waals surface area (Å²) in [5.74, 6) is 0. The van der Waals surface area contributed by atoms with Crippen molar-refractivity contribution in [2.45, 2.75) is 81.1 Å². The molecule has 1 rings (SSSR count). The van der Waals surface area contributed by atoms with Gasteiger partial charge in [-0.15, -0.1) is 0 Å². The van der Waals surface area contributed by atoms with E-state index in [0.717, 1.165) is 0 Å². The van der Waals surface area contributed by atoms with Gasteiger partial charge in [0.2, 0.25) is 0 Å². The van der Waals surface area contributed by atoms with Gasteiger partial charge in [0.05, 0.1) is 0 Å². The molecule has 113 valence electrons. The molecule has 0 aliphatic heterocycles. The number of hydrogen-bond acceptors (Lipinski definition) is 1. The monoisotopic (exact) mass is 353 g/mol. The maximum atomic E-state index is 2.36.